The van der Waals surface area contributed by atoms with Gasteiger partial charge in [0.1, 0.15) is 5.82 Å². The van der Waals surface area contributed by atoms with Crippen molar-refractivity contribution in [1.82, 2.24) is 9.55 Å². The number of rotatable bonds is 4. The predicted molar refractivity (Wildman–Crippen MR) is 108 cm³/mol. The van der Waals surface area contributed by atoms with Gasteiger partial charge in [0.25, 0.3) is 5.56 Å². The number of alkyl halides is 3. The molecular weight excluding hydrogens is 416 g/mol. The maximum atomic E-state index is 13.4. The second kappa shape index (κ2) is 7.95. The molecule has 0 radical (unpaired) electrons. The topological polar surface area (TPSA) is 34.9 Å². The summed E-state index contributed by atoms with van der Waals surface area (Å²) in [5, 5.41) is 0.702. The van der Waals surface area contributed by atoms with E-state index in [4.69, 9.17) is 0 Å². The Morgan fingerprint density at radius 1 is 0.933 bits per heavy atom. The van der Waals surface area contributed by atoms with Gasteiger partial charge in [-0.05, 0) is 48.0 Å². The van der Waals surface area contributed by atoms with Crippen molar-refractivity contribution in [3.8, 4) is 5.69 Å². The molecule has 0 saturated carbocycles. The van der Waals surface area contributed by atoms with E-state index < -0.39 is 17.6 Å². The first-order valence-corrected chi connectivity index (χ1v) is 9.88. The molecule has 0 aliphatic heterocycles. The lowest BCUT2D eigenvalue weighted by atomic mass is 10.1. The van der Waals surface area contributed by atoms with Gasteiger partial charge in [-0.1, -0.05) is 42.1 Å². The predicted octanol–water partition coefficient (Wildman–Crippen LogP) is 5.84. The fourth-order valence-corrected chi connectivity index (χ4v) is 3.97. The molecule has 0 aliphatic carbocycles. The number of halogens is 4. The Morgan fingerprint density at radius 2 is 1.67 bits per heavy atom. The van der Waals surface area contributed by atoms with Crippen LogP contribution in [0.1, 0.15) is 11.1 Å². The summed E-state index contributed by atoms with van der Waals surface area (Å²) in [6, 6.07) is 17.2. The molecule has 0 amide bonds. The molecule has 152 valence electrons. The number of para-hydroxylation sites is 1. The van der Waals surface area contributed by atoms with E-state index in [-0.39, 0.29) is 11.3 Å². The van der Waals surface area contributed by atoms with Gasteiger partial charge in [0.2, 0.25) is 0 Å². The highest BCUT2D eigenvalue weighted by atomic mass is 32.2. The summed E-state index contributed by atoms with van der Waals surface area (Å²) in [5.74, 6) is -0.269. The summed E-state index contributed by atoms with van der Waals surface area (Å²) in [4.78, 5) is 17.6. The number of aromatic nitrogens is 2. The maximum absolute atomic E-state index is 13.4. The Kier molecular flexibility index (Phi) is 5.34. The highest BCUT2D eigenvalue weighted by molar-refractivity contribution is 7.98. The van der Waals surface area contributed by atoms with Crippen LogP contribution in [-0.4, -0.2) is 9.55 Å². The van der Waals surface area contributed by atoms with Gasteiger partial charge in [-0.3, -0.25) is 9.36 Å². The molecule has 0 atom stereocenters. The zero-order chi connectivity index (χ0) is 21.3. The van der Waals surface area contributed by atoms with Crippen molar-refractivity contribution in [3.05, 3.63) is 100 Å². The van der Waals surface area contributed by atoms with E-state index in [0.717, 1.165) is 23.9 Å². The average molecular weight is 430 g/mol. The van der Waals surface area contributed by atoms with Gasteiger partial charge >= 0.3 is 6.18 Å². The van der Waals surface area contributed by atoms with Gasteiger partial charge in [0.05, 0.1) is 22.2 Å². The van der Waals surface area contributed by atoms with Gasteiger partial charge in [-0.2, -0.15) is 13.2 Å². The van der Waals surface area contributed by atoms with Crippen LogP contribution in [0.25, 0.3) is 16.6 Å². The van der Waals surface area contributed by atoms with Crippen LogP contribution < -0.4 is 5.56 Å². The summed E-state index contributed by atoms with van der Waals surface area (Å²) < 4.78 is 53.7. The molecule has 8 heteroatoms. The largest absolute Gasteiger partial charge is 0.416 e. The minimum Gasteiger partial charge on any atom is -0.268 e. The Labute approximate surface area is 173 Å². The lowest BCUT2D eigenvalue weighted by Crippen LogP contribution is -2.21. The summed E-state index contributed by atoms with van der Waals surface area (Å²) >= 11 is 1.14. The molecule has 30 heavy (non-hydrogen) atoms. The van der Waals surface area contributed by atoms with Gasteiger partial charge in [-0.25, -0.2) is 9.37 Å². The molecule has 0 bridgehead atoms. The van der Waals surface area contributed by atoms with E-state index in [1.54, 1.807) is 30.3 Å². The van der Waals surface area contributed by atoms with Crippen LogP contribution in [0.3, 0.4) is 0 Å². The molecule has 4 aromatic rings. The van der Waals surface area contributed by atoms with Gasteiger partial charge in [-0.15, -0.1) is 0 Å². The van der Waals surface area contributed by atoms with Crippen LogP contribution >= 0.6 is 11.8 Å². The number of thioether (sulfide) groups is 1. The third-order valence-electron chi connectivity index (χ3n) is 4.45. The first-order chi connectivity index (χ1) is 14.3. The molecular formula is C22H14F4N2OS. The minimum atomic E-state index is -4.43. The zero-order valence-electron chi connectivity index (χ0n) is 15.4. The number of fused-ring (bicyclic) bond motifs is 1. The molecule has 1 heterocycles. The van der Waals surface area contributed by atoms with Gasteiger partial charge < -0.3 is 0 Å². The second-order valence-corrected chi connectivity index (χ2v) is 7.46. The van der Waals surface area contributed by atoms with Gasteiger partial charge in [0.15, 0.2) is 5.16 Å². The van der Waals surface area contributed by atoms with Crippen LogP contribution in [-0.2, 0) is 11.9 Å². The van der Waals surface area contributed by atoms with Crippen molar-refractivity contribution in [2.45, 2.75) is 17.1 Å². The van der Waals surface area contributed by atoms with E-state index >= 15 is 0 Å². The first-order valence-electron chi connectivity index (χ1n) is 8.89. The lowest BCUT2D eigenvalue weighted by Gasteiger charge is -2.14. The van der Waals surface area contributed by atoms with Crippen LogP contribution in [0, 0.1) is 5.82 Å². The quantitative estimate of drug-likeness (QED) is 0.232. The van der Waals surface area contributed by atoms with Crippen molar-refractivity contribution in [2.75, 3.05) is 0 Å². The monoisotopic (exact) mass is 430 g/mol. The standard InChI is InChI=1S/C22H14F4N2OS/c23-16-8-10-17(11-9-16)28-20(29)18-6-1-2-7-19(18)27-21(28)30-13-14-4-3-5-15(12-14)22(24,25)26/h1-12H,13H2. The normalized spacial score (nSPS) is 11.7. The Hall–Kier alpha value is -3.13. The second-order valence-electron chi connectivity index (χ2n) is 6.52. The lowest BCUT2D eigenvalue weighted by molar-refractivity contribution is -0.137. The van der Waals surface area contributed by atoms with Crippen molar-refractivity contribution in [3.63, 3.8) is 0 Å². The fraction of sp³-hybridized carbons (Fsp3) is 0.0909. The van der Waals surface area contributed by atoms with E-state index in [2.05, 4.69) is 4.98 Å². The number of nitrogens with zero attached hydrogens (tertiary/aromatic N) is 2. The number of hydrogen-bond acceptors (Lipinski definition) is 3. The Balaban J connectivity index is 1.77. The summed E-state index contributed by atoms with van der Waals surface area (Å²) in [6.45, 7) is 0. The number of hydrogen-bond donors (Lipinski definition) is 0. The third kappa shape index (κ3) is 4.09. The molecule has 0 aliphatic rings. The molecule has 1 aromatic heterocycles. The maximum Gasteiger partial charge on any atom is 0.416 e. The van der Waals surface area contributed by atoms with E-state index in [1.807, 2.05) is 0 Å². The molecule has 0 saturated heterocycles. The van der Waals surface area contributed by atoms with Crippen molar-refractivity contribution in [1.29, 1.82) is 0 Å². The van der Waals surface area contributed by atoms with Crippen molar-refractivity contribution in [2.24, 2.45) is 0 Å². The SMILES string of the molecule is O=c1c2ccccc2nc(SCc2cccc(C(F)(F)F)c2)n1-c1ccc(F)cc1. The minimum absolute atomic E-state index is 0.176. The van der Waals surface area contributed by atoms with Crippen molar-refractivity contribution < 1.29 is 17.6 Å². The van der Waals surface area contributed by atoms with Crippen LogP contribution in [0.4, 0.5) is 17.6 Å². The third-order valence-corrected chi connectivity index (χ3v) is 5.46. The molecule has 0 fully saturated rings. The highest BCUT2D eigenvalue weighted by Crippen LogP contribution is 2.31. The Morgan fingerprint density at radius 3 is 2.40 bits per heavy atom. The molecule has 4 rings (SSSR count). The highest BCUT2D eigenvalue weighted by Gasteiger charge is 2.30. The van der Waals surface area contributed by atoms with Crippen LogP contribution in [0.15, 0.2) is 82.7 Å². The summed E-state index contributed by atoms with van der Waals surface area (Å²) in [5.41, 5.74) is 0.281. The van der Waals surface area contributed by atoms with E-state index in [0.29, 0.717) is 27.3 Å². The van der Waals surface area contributed by atoms with Gasteiger partial charge in [0, 0.05) is 5.75 Å². The number of benzene rings is 3. The zero-order valence-corrected chi connectivity index (χ0v) is 16.2. The van der Waals surface area contributed by atoms with E-state index in [9.17, 15) is 22.4 Å². The molecule has 0 spiro atoms. The fourth-order valence-electron chi connectivity index (χ4n) is 3.01. The smallest absolute Gasteiger partial charge is 0.268 e. The van der Waals surface area contributed by atoms with Crippen molar-refractivity contribution >= 4 is 22.7 Å². The molecule has 0 unspecified atom stereocenters. The summed E-state index contributed by atoms with van der Waals surface area (Å²) in [6.07, 6.45) is -4.43. The van der Waals surface area contributed by atoms with E-state index in [1.165, 1.54) is 34.9 Å². The van der Waals surface area contributed by atoms with Crippen LogP contribution in [0.5, 0.6) is 0 Å². The Bertz CT molecular complexity index is 1270. The average Bonchev–Trinajstić information content (AvgIpc) is 2.73. The molecule has 3 aromatic carbocycles. The molecule has 0 N–H and O–H groups in total. The first kappa shape index (κ1) is 20.2. The molecule has 3 nitrogen and oxygen atoms in total. The summed E-state index contributed by atoms with van der Waals surface area (Å²) in [7, 11) is 0. The van der Waals surface area contributed by atoms with Crippen LogP contribution in [0.2, 0.25) is 0 Å².